The third-order valence-electron chi connectivity index (χ3n) is 3.85. The highest BCUT2D eigenvalue weighted by Gasteiger charge is 2.21. The van der Waals surface area contributed by atoms with E-state index >= 15 is 0 Å². The zero-order valence-electron chi connectivity index (χ0n) is 12.7. The molecule has 0 radical (unpaired) electrons. The molecule has 1 atom stereocenters. The van der Waals surface area contributed by atoms with Crippen molar-refractivity contribution in [3.8, 4) is 0 Å². The second-order valence-electron chi connectivity index (χ2n) is 5.57. The number of amides is 1. The third-order valence-corrected chi connectivity index (χ3v) is 5.41. The molecule has 0 saturated carbocycles. The van der Waals surface area contributed by atoms with Crippen molar-refractivity contribution < 1.29 is 13.4 Å². The van der Waals surface area contributed by atoms with Crippen LogP contribution in [0.25, 0.3) is 0 Å². The van der Waals surface area contributed by atoms with Gasteiger partial charge in [0.1, 0.15) is 5.76 Å². The van der Waals surface area contributed by atoms with Gasteiger partial charge in [0.05, 0.1) is 16.6 Å². The van der Waals surface area contributed by atoms with Gasteiger partial charge in [-0.2, -0.15) is 0 Å². The van der Waals surface area contributed by atoms with Crippen LogP contribution in [0.15, 0.2) is 45.7 Å². The lowest BCUT2D eigenvalue weighted by Crippen LogP contribution is -2.35. The highest BCUT2D eigenvalue weighted by Crippen LogP contribution is 2.20. The molecule has 1 amide bonds. The van der Waals surface area contributed by atoms with Crippen LogP contribution in [0.5, 0.6) is 0 Å². The van der Waals surface area contributed by atoms with E-state index in [4.69, 9.17) is 16.0 Å². The van der Waals surface area contributed by atoms with Gasteiger partial charge in [0.2, 0.25) is 0 Å². The first-order chi connectivity index (χ1) is 11.1. The number of benzene rings is 1. The summed E-state index contributed by atoms with van der Waals surface area (Å²) in [6.45, 7) is 1.56. The summed E-state index contributed by atoms with van der Waals surface area (Å²) in [5, 5.41) is 0.552. The fraction of sp³-hybridized carbons (Fsp3) is 0.353. The number of likely N-dealkylation sites (tertiary alicyclic amines) is 1. The molecule has 0 aliphatic carbocycles. The molecule has 1 fully saturated rings. The number of furan rings is 1. The van der Waals surface area contributed by atoms with Crippen molar-refractivity contribution in [1.82, 2.24) is 4.90 Å². The third kappa shape index (κ3) is 4.03. The first-order valence-electron chi connectivity index (χ1n) is 7.65. The van der Waals surface area contributed by atoms with Crippen LogP contribution in [0.3, 0.4) is 0 Å². The average Bonchev–Trinajstić information content (AvgIpc) is 3.03. The number of nitrogens with zero attached hydrogens (tertiary/aromatic N) is 1. The Bertz CT molecular complexity index is 722. The molecule has 1 aliphatic rings. The van der Waals surface area contributed by atoms with Crippen molar-refractivity contribution in [2.45, 2.75) is 29.9 Å². The van der Waals surface area contributed by atoms with E-state index in [1.165, 1.54) is 6.42 Å². The minimum Gasteiger partial charge on any atom is -0.455 e. The summed E-state index contributed by atoms with van der Waals surface area (Å²) in [6.07, 6.45) is 3.25. The smallest absolute Gasteiger partial charge is 0.289 e. The number of carbonyl (C=O) groups excluding carboxylic acids is 1. The molecule has 1 unspecified atom stereocenters. The SMILES string of the molecule is O=C(c1ccc(CS(=O)c2cccc(Cl)c2)o1)N1CCCCC1. The Morgan fingerprint density at radius 1 is 1.17 bits per heavy atom. The Balaban J connectivity index is 1.67. The Morgan fingerprint density at radius 2 is 1.96 bits per heavy atom. The predicted octanol–water partition coefficient (Wildman–Crippen LogP) is 3.87. The van der Waals surface area contributed by atoms with Crippen molar-refractivity contribution in [3.63, 3.8) is 0 Å². The first kappa shape index (κ1) is 16.3. The van der Waals surface area contributed by atoms with Gasteiger partial charge in [-0.15, -0.1) is 0 Å². The second-order valence-corrected chi connectivity index (χ2v) is 7.45. The van der Waals surface area contributed by atoms with E-state index in [9.17, 15) is 9.00 Å². The van der Waals surface area contributed by atoms with Gasteiger partial charge in [-0.3, -0.25) is 9.00 Å². The van der Waals surface area contributed by atoms with E-state index in [0.29, 0.717) is 21.4 Å². The lowest BCUT2D eigenvalue weighted by Gasteiger charge is -2.25. The molecule has 122 valence electrons. The zero-order chi connectivity index (χ0) is 16.2. The fourth-order valence-electron chi connectivity index (χ4n) is 2.64. The fourth-order valence-corrected chi connectivity index (χ4v) is 3.97. The van der Waals surface area contributed by atoms with Gasteiger partial charge in [-0.05, 0) is 49.6 Å². The van der Waals surface area contributed by atoms with E-state index in [1.54, 1.807) is 36.4 Å². The van der Waals surface area contributed by atoms with Gasteiger partial charge in [0.15, 0.2) is 5.76 Å². The summed E-state index contributed by atoms with van der Waals surface area (Å²) in [5.74, 6) is 1.02. The number of halogens is 1. The first-order valence-corrected chi connectivity index (χ1v) is 9.35. The maximum Gasteiger partial charge on any atom is 0.289 e. The Kier molecular flexibility index (Phi) is 5.18. The number of hydrogen-bond acceptors (Lipinski definition) is 3. The standard InChI is InChI=1S/C17H18ClNO3S/c18-13-5-4-6-15(11-13)23(21)12-14-7-8-16(22-14)17(20)19-9-2-1-3-10-19/h4-8,11H,1-3,9-10,12H2. The van der Waals surface area contributed by atoms with Gasteiger partial charge >= 0.3 is 0 Å². The monoisotopic (exact) mass is 351 g/mol. The van der Waals surface area contributed by atoms with Crippen LogP contribution >= 0.6 is 11.6 Å². The summed E-state index contributed by atoms with van der Waals surface area (Å²) >= 11 is 5.92. The molecule has 3 rings (SSSR count). The molecule has 1 aliphatic heterocycles. The molecular weight excluding hydrogens is 334 g/mol. The molecule has 1 saturated heterocycles. The topological polar surface area (TPSA) is 50.5 Å². The largest absolute Gasteiger partial charge is 0.455 e. The molecule has 0 N–H and O–H groups in total. The molecule has 0 bridgehead atoms. The van der Waals surface area contributed by atoms with Crippen LogP contribution in [0.4, 0.5) is 0 Å². The Morgan fingerprint density at radius 3 is 2.70 bits per heavy atom. The van der Waals surface area contributed by atoms with Gasteiger partial charge in [-0.1, -0.05) is 17.7 Å². The van der Waals surface area contributed by atoms with E-state index in [-0.39, 0.29) is 11.7 Å². The van der Waals surface area contributed by atoms with E-state index in [2.05, 4.69) is 0 Å². The molecule has 1 aromatic heterocycles. The average molecular weight is 352 g/mol. The van der Waals surface area contributed by atoms with E-state index in [1.807, 2.05) is 4.90 Å². The number of rotatable bonds is 4. The molecule has 2 heterocycles. The van der Waals surface area contributed by atoms with Crippen molar-refractivity contribution in [2.75, 3.05) is 13.1 Å². The van der Waals surface area contributed by atoms with Crippen LogP contribution < -0.4 is 0 Å². The van der Waals surface area contributed by atoms with Crippen molar-refractivity contribution in [3.05, 3.63) is 52.9 Å². The van der Waals surface area contributed by atoms with Gasteiger partial charge < -0.3 is 9.32 Å². The molecule has 23 heavy (non-hydrogen) atoms. The maximum atomic E-state index is 12.4. The minimum atomic E-state index is -1.25. The van der Waals surface area contributed by atoms with Crippen molar-refractivity contribution in [2.24, 2.45) is 0 Å². The van der Waals surface area contributed by atoms with Gasteiger partial charge in [-0.25, -0.2) is 0 Å². The van der Waals surface area contributed by atoms with Crippen LogP contribution in [-0.2, 0) is 16.6 Å². The summed E-state index contributed by atoms with van der Waals surface area (Å²) in [4.78, 5) is 14.8. The summed E-state index contributed by atoms with van der Waals surface area (Å²) in [7, 11) is -1.25. The maximum absolute atomic E-state index is 12.4. The van der Waals surface area contributed by atoms with Crippen LogP contribution in [0.1, 0.15) is 35.6 Å². The quantitative estimate of drug-likeness (QED) is 0.840. The molecular formula is C17H18ClNO3S. The zero-order valence-corrected chi connectivity index (χ0v) is 14.2. The van der Waals surface area contributed by atoms with Gasteiger partial charge in [0, 0.05) is 23.0 Å². The Labute approximate surface area is 142 Å². The molecule has 2 aromatic rings. The van der Waals surface area contributed by atoms with Crippen LogP contribution in [0, 0.1) is 0 Å². The van der Waals surface area contributed by atoms with Gasteiger partial charge in [0.25, 0.3) is 5.91 Å². The normalized spacial score (nSPS) is 16.3. The minimum absolute atomic E-state index is 0.0792. The van der Waals surface area contributed by atoms with Crippen molar-refractivity contribution >= 4 is 28.3 Å². The highest BCUT2D eigenvalue weighted by atomic mass is 35.5. The lowest BCUT2D eigenvalue weighted by molar-refractivity contribution is 0.0690. The summed E-state index contributed by atoms with van der Waals surface area (Å²) < 4.78 is 17.9. The lowest BCUT2D eigenvalue weighted by atomic mass is 10.1. The van der Waals surface area contributed by atoms with Crippen molar-refractivity contribution in [1.29, 1.82) is 0 Å². The second kappa shape index (κ2) is 7.32. The molecule has 6 heteroatoms. The summed E-state index contributed by atoms with van der Waals surface area (Å²) in [5.41, 5.74) is 0. The Hall–Kier alpha value is -1.59. The molecule has 1 aromatic carbocycles. The highest BCUT2D eigenvalue weighted by molar-refractivity contribution is 7.84. The van der Waals surface area contributed by atoms with E-state index in [0.717, 1.165) is 25.9 Å². The molecule has 0 spiro atoms. The predicted molar refractivity (Wildman–Crippen MR) is 90.0 cm³/mol. The number of hydrogen-bond donors (Lipinski definition) is 0. The molecule has 4 nitrogen and oxygen atoms in total. The van der Waals surface area contributed by atoms with Crippen LogP contribution in [0.2, 0.25) is 5.02 Å². The number of piperidine rings is 1. The number of carbonyl (C=O) groups is 1. The summed E-state index contributed by atoms with van der Waals surface area (Å²) in [6, 6.07) is 10.3. The van der Waals surface area contributed by atoms with E-state index < -0.39 is 10.8 Å². The van der Waals surface area contributed by atoms with Crippen LogP contribution in [-0.4, -0.2) is 28.1 Å².